The predicted molar refractivity (Wildman–Crippen MR) is 66.8 cm³/mol. The maximum atomic E-state index is 12.4. The van der Waals surface area contributed by atoms with Gasteiger partial charge in [0.1, 0.15) is 0 Å². The first kappa shape index (κ1) is 13.3. The number of sulfonamides is 1. The zero-order chi connectivity index (χ0) is 13.3. The molecule has 8 heteroatoms. The number of nitrogens with one attached hydrogen (secondary N) is 1. The number of hydrogen-bond donors (Lipinski definition) is 1. The van der Waals surface area contributed by atoms with Crippen LogP contribution in [0.2, 0.25) is 0 Å². The second-order valence-corrected chi connectivity index (χ2v) is 7.25. The van der Waals surface area contributed by atoms with E-state index in [9.17, 15) is 13.2 Å². The minimum Gasteiger partial charge on any atom is -0.315 e. The first-order chi connectivity index (χ1) is 8.46. The number of H-pyrrole nitrogens is 1. The van der Waals surface area contributed by atoms with Gasteiger partial charge in [-0.25, -0.2) is 8.42 Å². The van der Waals surface area contributed by atoms with Crippen LogP contribution in [0.3, 0.4) is 0 Å². The topological polar surface area (TPSA) is 94.0 Å². The van der Waals surface area contributed by atoms with Crippen LogP contribution in [0.4, 0.5) is 0 Å². The number of aromatic nitrogens is 1. The molecule has 0 atom stereocenters. The van der Waals surface area contributed by atoms with Gasteiger partial charge in [0.05, 0.1) is 6.07 Å². The Balaban J connectivity index is 2.36. The van der Waals surface area contributed by atoms with Crippen LogP contribution in [-0.2, 0) is 10.0 Å². The molecule has 1 aliphatic carbocycles. The van der Waals surface area contributed by atoms with Crippen molar-refractivity contribution in [2.45, 2.75) is 36.4 Å². The first-order valence-electron chi connectivity index (χ1n) is 5.55. The molecule has 0 unspecified atom stereocenters. The molecule has 18 heavy (non-hydrogen) atoms. The van der Waals surface area contributed by atoms with Gasteiger partial charge in [-0.3, -0.25) is 4.79 Å². The fraction of sp³-hybridized carbons (Fsp3) is 0.600. The van der Waals surface area contributed by atoms with E-state index in [0.717, 1.165) is 12.8 Å². The van der Waals surface area contributed by atoms with Gasteiger partial charge < -0.3 is 4.98 Å². The molecular weight excluding hydrogens is 274 g/mol. The third-order valence-corrected chi connectivity index (χ3v) is 6.26. The summed E-state index contributed by atoms with van der Waals surface area (Å²) in [5.74, 6) is 0. The van der Waals surface area contributed by atoms with Gasteiger partial charge in [-0.2, -0.15) is 9.57 Å². The summed E-state index contributed by atoms with van der Waals surface area (Å²) in [5, 5.41) is 8.59. The molecule has 1 aliphatic rings. The third kappa shape index (κ3) is 2.48. The molecule has 0 saturated heterocycles. The molecule has 1 aromatic rings. The van der Waals surface area contributed by atoms with Crippen molar-refractivity contribution >= 4 is 21.4 Å². The lowest BCUT2D eigenvalue weighted by atomic mass is 10.4. The molecule has 98 valence electrons. The number of rotatable bonds is 5. The van der Waals surface area contributed by atoms with E-state index in [2.05, 4.69) is 4.98 Å². The Labute approximate surface area is 109 Å². The van der Waals surface area contributed by atoms with E-state index >= 15 is 0 Å². The van der Waals surface area contributed by atoms with Gasteiger partial charge in [-0.1, -0.05) is 11.3 Å². The standard InChI is InChI=1S/C10H13N3O3S2/c1-7-9(17-10(14)12-7)18(15,16)13(6-2-5-11)8-3-4-8/h8H,2-4,6H2,1H3,(H,12,14). The monoisotopic (exact) mass is 287 g/mol. The third-order valence-electron chi connectivity index (χ3n) is 2.72. The maximum Gasteiger partial charge on any atom is 0.305 e. The number of nitriles is 1. The highest BCUT2D eigenvalue weighted by Crippen LogP contribution is 2.33. The molecule has 0 amide bonds. The van der Waals surface area contributed by atoms with Crippen LogP contribution in [0.5, 0.6) is 0 Å². The second kappa shape index (κ2) is 4.84. The number of aryl methyl sites for hydroxylation is 1. The zero-order valence-corrected chi connectivity index (χ0v) is 11.5. The summed E-state index contributed by atoms with van der Waals surface area (Å²) in [7, 11) is -3.65. The summed E-state index contributed by atoms with van der Waals surface area (Å²) in [5.41, 5.74) is 0.368. The Bertz CT molecular complexity index is 634. The number of aromatic amines is 1. The average molecular weight is 287 g/mol. The quantitative estimate of drug-likeness (QED) is 0.867. The number of nitrogens with zero attached hydrogens (tertiary/aromatic N) is 2. The van der Waals surface area contributed by atoms with Crippen molar-refractivity contribution in [2.24, 2.45) is 0 Å². The van der Waals surface area contributed by atoms with Crippen molar-refractivity contribution in [3.8, 4) is 6.07 Å². The molecule has 1 fully saturated rings. The number of hydrogen-bond acceptors (Lipinski definition) is 5. The summed E-state index contributed by atoms with van der Waals surface area (Å²) >= 11 is 0.705. The van der Waals surface area contributed by atoms with Crippen LogP contribution < -0.4 is 4.87 Å². The van der Waals surface area contributed by atoms with Gasteiger partial charge in [0.15, 0.2) is 4.21 Å². The van der Waals surface area contributed by atoms with Crippen LogP contribution in [0.15, 0.2) is 9.00 Å². The second-order valence-electron chi connectivity index (χ2n) is 4.18. The van der Waals surface area contributed by atoms with Gasteiger partial charge in [0.2, 0.25) is 0 Å². The van der Waals surface area contributed by atoms with Crippen LogP contribution in [0.1, 0.15) is 25.0 Å². The smallest absolute Gasteiger partial charge is 0.305 e. The molecule has 0 spiro atoms. The molecular formula is C10H13N3O3S2. The average Bonchev–Trinajstić information content (AvgIpc) is 3.04. The molecule has 1 N–H and O–H groups in total. The van der Waals surface area contributed by atoms with Crippen molar-refractivity contribution in [1.29, 1.82) is 5.26 Å². The lowest BCUT2D eigenvalue weighted by Gasteiger charge is -2.19. The first-order valence-corrected chi connectivity index (χ1v) is 7.81. The van der Waals surface area contributed by atoms with E-state index in [4.69, 9.17) is 5.26 Å². The Morgan fingerprint density at radius 2 is 2.22 bits per heavy atom. The molecule has 2 rings (SSSR count). The van der Waals surface area contributed by atoms with E-state index < -0.39 is 10.0 Å². The minimum atomic E-state index is -3.65. The molecule has 0 aromatic carbocycles. The van der Waals surface area contributed by atoms with Gasteiger partial charge >= 0.3 is 4.87 Å². The van der Waals surface area contributed by atoms with E-state index in [1.807, 2.05) is 6.07 Å². The molecule has 1 aromatic heterocycles. The van der Waals surface area contributed by atoms with E-state index in [1.54, 1.807) is 6.92 Å². The van der Waals surface area contributed by atoms with Crippen LogP contribution in [0, 0.1) is 18.3 Å². The van der Waals surface area contributed by atoms with E-state index in [0.29, 0.717) is 17.0 Å². The lowest BCUT2D eigenvalue weighted by Crippen LogP contribution is -2.33. The Hall–Kier alpha value is -1.17. The molecule has 0 radical (unpaired) electrons. The highest BCUT2D eigenvalue weighted by Gasteiger charge is 2.39. The summed E-state index contributed by atoms with van der Waals surface area (Å²) in [6, 6.07) is 1.94. The highest BCUT2D eigenvalue weighted by atomic mass is 32.2. The van der Waals surface area contributed by atoms with Gasteiger partial charge in [-0.15, -0.1) is 0 Å². The summed E-state index contributed by atoms with van der Waals surface area (Å²) in [6.07, 6.45) is 1.81. The Kier molecular flexibility index (Phi) is 3.56. The van der Waals surface area contributed by atoms with Crippen molar-refractivity contribution in [3.63, 3.8) is 0 Å². The molecule has 1 heterocycles. The van der Waals surface area contributed by atoms with Crippen molar-refractivity contribution < 1.29 is 8.42 Å². The van der Waals surface area contributed by atoms with Crippen molar-refractivity contribution in [3.05, 3.63) is 15.4 Å². The largest absolute Gasteiger partial charge is 0.315 e. The van der Waals surface area contributed by atoms with Crippen LogP contribution in [0.25, 0.3) is 0 Å². The van der Waals surface area contributed by atoms with E-state index in [1.165, 1.54) is 4.31 Å². The summed E-state index contributed by atoms with van der Waals surface area (Å²) in [4.78, 5) is 13.3. The van der Waals surface area contributed by atoms with Gasteiger partial charge in [0.25, 0.3) is 10.0 Å². The molecule has 0 bridgehead atoms. The van der Waals surface area contributed by atoms with E-state index in [-0.39, 0.29) is 28.1 Å². The molecule has 1 saturated carbocycles. The summed E-state index contributed by atoms with van der Waals surface area (Å²) in [6.45, 7) is 1.76. The maximum absolute atomic E-state index is 12.4. The van der Waals surface area contributed by atoms with Crippen LogP contribution in [-0.4, -0.2) is 30.3 Å². The number of thiazole rings is 1. The highest BCUT2D eigenvalue weighted by molar-refractivity contribution is 7.91. The predicted octanol–water partition coefficient (Wildman–Crippen LogP) is 0.812. The van der Waals surface area contributed by atoms with Gasteiger partial charge in [0, 0.05) is 24.7 Å². The lowest BCUT2D eigenvalue weighted by molar-refractivity contribution is 0.412. The van der Waals surface area contributed by atoms with Crippen molar-refractivity contribution in [2.75, 3.05) is 6.54 Å². The zero-order valence-electron chi connectivity index (χ0n) is 9.84. The molecule has 0 aliphatic heterocycles. The SMILES string of the molecule is Cc1[nH]c(=O)sc1S(=O)(=O)N(CCC#N)C1CC1. The fourth-order valence-electron chi connectivity index (χ4n) is 1.76. The minimum absolute atomic E-state index is 0.0139. The van der Waals surface area contributed by atoms with Crippen molar-refractivity contribution in [1.82, 2.24) is 9.29 Å². The Morgan fingerprint density at radius 3 is 2.67 bits per heavy atom. The fourth-order valence-corrected chi connectivity index (χ4v) is 4.86. The van der Waals surface area contributed by atoms with Gasteiger partial charge in [-0.05, 0) is 19.8 Å². The Morgan fingerprint density at radius 1 is 1.56 bits per heavy atom. The summed E-state index contributed by atoms with van der Waals surface area (Å²) < 4.78 is 26.3. The normalized spacial score (nSPS) is 15.8. The molecule has 6 nitrogen and oxygen atoms in total. The van der Waals surface area contributed by atoms with Crippen LogP contribution >= 0.6 is 11.3 Å².